The lowest BCUT2D eigenvalue weighted by Gasteiger charge is -2.25. The largest absolute Gasteiger partial charge is 0.508 e. The maximum Gasteiger partial charge on any atom is 0.326 e. The van der Waals surface area contributed by atoms with E-state index < -0.39 is 96.3 Å². The van der Waals surface area contributed by atoms with E-state index in [1.807, 2.05) is 0 Å². The Morgan fingerprint density at radius 3 is 2.02 bits per heavy atom. The average molecular weight is 809 g/mol. The smallest absolute Gasteiger partial charge is 0.326 e. The highest BCUT2D eigenvalue weighted by molar-refractivity contribution is 8.00. The van der Waals surface area contributed by atoms with Gasteiger partial charge in [-0.15, -0.1) is 11.8 Å². The van der Waals surface area contributed by atoms with Gasteiger partial charge < -0.3 is 70.2 Å². The Morgan fingerprint density at radius 1 is 0.804 bits per heavy atom. The Labute approximate surface area is 324 Å². The molecule has 17 N–H and O–H groups in total. The first-order valence-corrected chi connectivity index (χ1v) is 18.3. The average Bonchev–Trinajstić information content (AvgIpc) is 3.11. The summed E-state index contributed by atoms with van der Waals surface area (Å²) in [4.78, 5) is 111. The number of rotatable bonds is 15. The van der Waals surface area contributed by atoms with Crippen molar-refractivity contribution >= 4 is 71.1 Å². The van der Waals surface area contributed by atoms with E-state index in [1.165, 1.54) is 24.3 Å². The molecule has 1 aliphatic rings. The molecule has 1 aromatic rings. The maximum absolute atomic E-state index is 13.7. The minimum atomic E-state index is -1.77. The van der Waals surface area contributed by atoms with Crippen molar-refractivity contribution in [3.8, 4) is 5.75 Å². The van der Waals surface area contributed by atoms with Gasteiger partial charge in [-0.05, 0) is 43.4 Å². The Balaban J connectivity index is 2.44. The Hall–Kier alpha value is -6.33. The van der Waals surface area contributed by atoms with Crippen LogP contribution in [0.5, 0.6) is 5.75 Å². The highest BCUT2D eigenvalue weighted by Crippen LogP contribution is 2.13. The Bertz CT molecular complexity index is 1640. The standard InChI is InChI=1S/C32H48N12O11S/c33-31(34)37-9-1-3-18-26(50)39-13-23(46)40-21(12-25(48)49)28(52)44-22(29(53)43-19(30(54)55)4-2-10-38-32(35)36)14-56-15-24(47)41-20(27(51)42-18)11-16-5-7-17(45)8-6-16/h5-8,18-22,45H,1-4,9-15H2,(H,39,50)(H,40,46)(H,41,47)(H,42,51)(H,43,53)(H,44,52)(H,48,49)(H,54,55)(H4,33,34,37)(H4,35,36,38)/t18-,19-,20+,21-,22-/m0/s1. The van der Waals surface area contributed by atoms with Crippen molar-refractivity contribution in [2.75, 3.05) is 31.1 Å². The number of thioether (sulfide) groups is 1. The number of aliphatic carboxylic acids is 2. The van der Waals surface area contributed by atoms with Crippen LogP contribution >= 0.6 is 11.8 Å². The van der Waals surface area contributed by atoms with Crippen LogP contribution in [0.25, 0.3) is 0 Å². The number of carboxylic acid groups (broad SMARTS) is 2. The minimum absolute atomic E-state index is 0.0296. The summed E-state index contributed by atoms with van der Waals surface area (Å²) in [5, 5.41) is 43.2. The van der Waals surface area contributed by atoms with Crippen molar-refractivity contribution in [3.05, 3.63) is 29.8 Å². The van der Waals surface area contributed by atoms with Crippen LogP contribution in [0, 0.1) is 0 Å². The fourth-order valence-electron chi connectivity index (χ4n) is 5.04. The van der Waals surface area contributed by atoms with Crippen LogP contribution in [0.15, 0.2) is 34.3 Å². The zero-order valence-corrected chi connectivity index (χ0v) is 31.0. The zero-order valence-electron chi connectivity index (χ0n) is 30.2. The molecule has 1 saturated heterocycles. The van der Waals surface area contributed by atoms with E-state index in [9.17, 15) is 53.7 Å². The molecule has 0 aliphatic carbocycles. The summed E-state index contributed by atoms with van der Waals surface area (Å²) >= 11 is 0.801. The lowest BCUT2D eigenvalue weighted by Crippen LogP contribution is -2.58. The van der Waals surface area contributed by atoms with Crippen LogP contribution in [0.1, 0.15) is 37.7 Å². The van der Waals surface area contributed by atoms with Crippen LogP contribution in [0.2, 0.25) is 0 Å². The normalized spacial score (nSPS) is 20.5. The second-order valence-electron chi connectivity index (χ2n) is 12.4. The molecule has 0 spiro atoms. The monoisotopic (exact) mass is 808 g/mol. The molecule has 56 heavy (non-hydrogen) atoms. The fraction of sp³-hybridized carbons (Fsp3) is 0.500. The van der Waals surface area contributed by atoms with E-state index in [2.05, 4.69) is 41.9 Å². The molecule has 1 heterocycles. The number of hydrogen-bond donors (Lipinski definition) is 13. The number of nitrogens with one attached hydrogen (secondary N) is 6. The summed E-state index contributed by atoms with van der Waals surface area (Å²) < 4.78 is 0. The highest BCUT2D eigenvalue weighted by atomic mass is 32.2. The number of hydrogen-bond acceptors (Lipinski definition) is 12. The van der Waals surface area contributed by atoms with Gasteiger partial charge in [0.05, 0.1) is 18.7 Å². The zero-order chi connectivity index (χ0) is 41.8. The molecule has 0 unspecified atom stereocenters. The van der Waals surface area contributed by atoms with E-state index in [0.29, 0.717) is 5.56 Å². The van der Waals surface area contributed by atoms with Gasteiger partial charge in [-0.25, -0.2) is 4.79 Å². The van der Waals surface area contributed by atoms with Gasteiger partial charge in [-0.3, -0.25) is 43.5 Å². The van der Waals surface area contributed by atoms with Crippen LogP contribution < -0.4 is 54.8 Å². The number of carbonyl (C=O) groups is 8. The van der Waals surface area contributed by atoms with Crippen molar-refractivity contribution in [2.24, 2.45) is 32.9 Å². The third kappa shape index (κ3) is 17.7. The molecule has 0 aromatic heterocycles. The third-order valence-corrected chi connectivity index (χ3v) is 8.81. The predicted molar refractivity (Wildman–Crippen MR) is 202 cm³/mol. The molecule has 23 nitrogen and oxygen atoms in total. The number of phenolic OH excluding ortho intramolecular Hbond substituents is 1. The topological polar surface area (TPSA) is 398 Å². The summed E-state index contributed by atoms with van der Waals surface area (Å²) in [7, 11) is 0. The molecule has 1 aromatic carbocycles. The molecule has 1 aliphatic heterocycles. The Kier molecular flexibility index (Phi) is 19.2. The van der Waals surface area contributed by atoms with Crippen molar-refractivity contribution in [2.45, 2.75) is 68.7 Å². The number of carbonyl (C=O) groups excluding carboxylic acids is 6. The number of benzene rings is 1. The molecule has 0 bridgehead atoms. The number of amides is 6. The Morgan fingerprint density at radius 2 is 1.41 bits per heavy atom. The number of phenols is 1. The van der Waals surface area contributed by atoms with E-state index in [0.717, 1.165) is 11.8 Å². The molecule has 0 saturated carbocycles. The third-order valence-electron chi connectivity index (χ3n) is 7.77. The molecule has 6 amide bonds. The van der Waals surface area contributed by atoms with Crippen LogP contribution in [-0.2, 0) is 44.8 Å². The van der Waals surface area contributed by atoms with Crippen LogP contribution in [-0.4, -0.2) is 136 Å². The molecule has 2 rings (SSSR count). The van der Waals surface area contributed by atoms with Crippen LogP contribution in [0.3, 0.4) is 0 Å². The van der Waals surface area contributed by atoms with E-state index in [4.69, 9.17) is 22.9 Å². The summed E-state index contributed by atoms with van der Waals surface area (Å²) in [6.45, 7) is -0.652. The predicted octanol–water partition coefficient (Wildman–Crippen LogP) is -5.11. The van der Waals surface area contributed by atoms with Crippen LogP contribution in [0.4, 0.5) is 0 Å². The molecule has 308 valence electrons. The lowest BCUT2D eigenvalue weighted by atomic mass is 10.0. The molecular weight excluding hydrogens is 760 g/mol. The van der Waals surface area contributed by atoms with Gasteiger partial charge in [0.2, 0.25) is 35.4 Å². The molecule has 0 radical (unpaired) electrons. The van der Waals surface area contributed by atoms with Crippen molar-refractivity contribution in [1.29, 1.82) is 0 Å². The first kappa shape index (κ1) is 45.8. The van der Waals surface area contributed by atoms with E-state index in [1.54, 1.807) is 0 Å². The van der Waals surface area contributed by atoms with Gasteiger partial charge in [-0.2, -0.15) is 0 Å². The second-order valence-corrected chi connectivity index (χ2v) is 13.4. The summed E-state index contributed by atoms with van der Waals surface area (Å²) in [6.07, 6.45) is -0.878. The molecule has 5 atom stereocenters. The summed E-state index contributed by atoms with van der Waals surface area (Å²) in [5.74, 6) is -9.71. The first-order valence-electron chi connectivity index (χ1n) is 17.1. The maximum atomic E-state index is 13.7. The molecular formula is C32H48N12O11S. The summed E-state index contributed by atoms with van der Waals surface area (Å²) in [5.41, 5.74) is 21.8. The number of carboxylic acids is 2. The number of guanidine groups is 2. The van der Waals surface area contributed by atoms with Crippen molar-refractivity contribution < 1.29 is 53.7 Å². The van der Waals surface area contributed by atoms with E-state index >= 15 is 0 Å². The SMILES string of the molecule is NC(N)=NCCC[C@H](NC(=O)[C@@H]1CSCC(=O)N[C@H](Cc2ccc(O)cc2)C(=O)N[C@@H](CCCN=C(N)N)C(=O)NCC(=O)N[C@@H](CC(=O)O)C(=O)N1)C(=O)O. The van der Waals surface area contributed by atoms with Gasteiger partial charge in [0, 0.05) is 25.3 Å². The first-order chi connectivity index (χ1) is 26.4. The number of nitrogens with two attached hydrogens (primary N) is 4. The van der Waals surface area contributed by atoms with Gasteiger partial charge >= 0.3 is 11.9 Å². The fourth-order valence-corrected chi connectivity index (χ4v) is 5.89. The van der Waals surface area contributed by atoms with Gasteiger partial charge in [0.1, 0.15) is 36.0 Å². The molecule has 24 heteroatoms. The number of nitrogens with zero attached hydrogens (tertiary/aromatic N) is 2. The number of aliphatic imine (C=N–C) groups is 2. The second kappa shape index (κ2) is 23.5. The van der Waals surface area contributed by atoms with Gasteiger partial charge in [-0.1, -0.05) is 12.1 Å². The van der Waals surface area contributed by atoms with Gasteiger partial charge in [0.15, 0.2) is 11.9 Å². The highest BCUT2D eigenvalue weighted by Gasteiger charge is 2.32. The molecule has 1 fully saturated rings. The van der Waals surface area contributed by atoms with E-state index in [-0.39, 0.29) is 68.6 Å². The number of aromatic hydroxyl groups is 1. The lowest BCUT2D eigenvalue weighted by molar-refractivity contribution is -0.143. The van der Waals surface area contributed by atoms with Crippen molar-refractivity contribution in [3.63, 3.8) is 0 Å². The quantitative estimate of drug-likeness (QED) is 0.0448. The summed E-state index contributed by atoms with van der Waals surface area (Å²) in [6, 6.07) is -1.60. The van der Waals surface area contributed by atoms with Gasteiger partial charge in [0.25, 0.3) is 0 Å². The minimum Gasteiger partial charge on any atom is -0.508 e. The van der Waals surface area contributed by atoms with Crippen molar-refractivity contribution in [1.82, 2.24) is 31.9 Å².